The van der Waals surface area contributed by atoms with Crippen LogP contribution in [-0.4, -0.2) is 15.0 Å². The quantitative estimate of drug-likeness (QED) is 0.170. The molecule has 0 aliphatic heterocycles. The lowest BCUT2D eigenvalue weighted by Gasteiger charge is -2.10. The van der Waals surface area contributed by atoms with E-state index < -0.39 is 0 Å². The van der Waals surface area contributed by atoms with Crippen molar-refractivity contribution in [2.45, 2.75) is 0 Å². The SMILES string of the molecule is c1ccc(-c2cccc(-c3nc(-c4ccccc4)nc(-c4ccc5c(c4)sc4cc(-c6ccc(-c7ccccc7)c7sc8ccccc8c67)ccc45)n3)c2)cc1. The largest absolute Gasteiger partial charge is 0.208 e. The number of aromatic nitrogens is 3. The highest BCUT2D eigenvalue weighted by Crippen LogP contribution is 2.46. The molecule has 262 valence electrons. The van der Waals surface area contributed by atoms with Crippen LogP contribution in [0.25, 0.3) is 108 Å². The molecule has 0 atom stereocenters. The molecule has 0 unspecified atom stereocenters. The third kappa shape index (κ3) is 5.68. The van der Waals surface area contributed by atoms with Gasteiger partial charge in [-0.3, -0.25) is 0 Å². The average molecular weight is 750 g/mol. The lowest BCUT2D eigenvalue weighted by Crippen LogP contribution is -2.00. The van der Waals surface area contributed by atoms with Crippen molar-refractivity contribution < 1.29 is 0 Å². The van der Waals surface area contributed by atoms with E-state index in [9.17, 15) is 0 Å². The molecule has 8 aromatic carbocycles. The Hall–Kier alpha value is -6.79. The molecule has 0 bridgehead atoms. The monoisotopic (exact) mass is 749 g/mol. The van der Waals surface area contributed by atoms with Gasteiger partial charge in [-0.05, 0) is 57.6 Å². The van der Waals surface area contributed by atoms with Gasteiger partial charge >= 0.3 is 0 Å². The Balaban J connectivity index is 1.03. The number of fused-ring (bicyclic) bond motifs is 6. The summed E-state index contributed by atoms with van der Waals surface area (Å²) < 4.78 is 5.10. The summed E-state index contributed by atoms with van der Waals surface area (Å²) in [6, 6.07) is 66.8. The van der Waals surface area contributed by atoms with E-state index in [2.05, 4.69) is 164 Å². The normalized spacial score (nSPS) is 11.6. The van der Waals surface area contributed by atoms with E-state index in [1.54, 1.807) is 0 Å². The highest BCUT2D eigenvalue weighted by Gasteiger charge is 2.18. The maximum absolute atomic E-state index is 5.11. The van der Waals surface area contributed by atoms with Crippen LogP contribution in [0, 0.1) is 0 Å². The summed E-state index contributed by atoms with van der Waals surface area (Å²) in [5.74, 6) is 1.96. The van der Waals surface area contributed by atoms with Gasteiger partial charge < -0.3 is 0 Å². The van der Waals surface area contributed by atoms with Gasteiger partial charge in [-0.2, -0.15) is 0 Å². The van der Waals surface area contributed by atoms with Gasteiger partial charge in [-0.25, -0.2) is 15.0 Å². The van der Waals surface area contributed by atoms with Gasteiger partial charge in [0.25, 0.3) is 0 Å². The predicted molar refractivity (Wildman–Crippen MR) is 238 cm³/mol. The maximum Gasteiger partial charge on any atom is 0.164 e. The van der Waals surface area contributed by atoms with Crippen LogP contribution in [0.5, 0.6) is 0 Å². The standard InChI is InChI=1S/C51H31N3S2/c1-4-13-32(14-5-1)35-19-12-20-37(29-35)50-52-49(34-17-8-3-9-18-34)53-51(54-50)38-24-26-42-41-25-23-36(30-45(41)55-46(42)31-38)39-27-28-40(33-15-6-2-7-16-33)48-47(39)43-21-10-11-22-44(43)56-48/h1-31H. The molecule has 0 aliphatic carbocycles. The van der Waals surface area contributed by atoms with Gasteiger partial charge in [0, 0.05) is 57.0 Å². The Bertz CT molecular complexity index is 3240. The Kier molecular flexibility index (Phi) is 7.87. The van der Waals surface area contributed by atoms with Gasteiger partial charge in [0.2, 0.25) is 0 Å². The first-order valence-electron chi connectivity index (χ1n) is 18.7. The second-order valence-corrected chi connectivity index (χ2v) is 16.1. The zero-order chi connectivity index (χ0) is 37.0. The van der Waals surface area contributed by atoms with Crippen LogP contribution in [-0.2, 0) is 0 Å². The maximum atomic E-state index is 5.11. The second kappa shape index (κ2) is 13.5. The van der Waals surface area contributed by atoms with E-state index in [1.807, 2.05) is 46.9 Å². The molecule has 0 N–H and O–H groups in total. The molecule has 0 fully saturated rings. The number of thiophene rings is 2. The Morgan fingerprint density at radius 2 is 0.804 bits per heavy atom. The van der Waals surface area contributed by atoms with Gasteiger partial charge in [-0.1, -0.05) is 164 Å². The molecular weight excluding hydrogens is 719 g/mol. The summed E-state index contributed by atoms with van der Waals surface area (Å²) in [7, 11) is 0. The third-order valence-electron chi connectivity index (χ3n) is 10.5. The molecule has 3 aromatic heterocycles. The second-order valence-electron chi connectivity index (χ2n) is 14.0. The fourth-order valence-electron chi connectivity index (χ4n) is 7.82. The molecule has 3 nitrogen and oxygen atoms in total. The van der Waals surface area contributed by atoms with E-state index in [0.29, 0.717) is 17.5 Å². The zero-order valence-electron chi connectivity index (χ0n) is 30.1. The number of benzene rings is 8. The summed E-state index contributed by atoms with van der Waals surface area (Å²) in [6.07, 6.45) is 0. The van der Waals surface area contributed by atoms with Crippen LogP contribution >= 0.6 is 22.7 Å². The Morgan fingerprint density at radius 3 is 1.52 bits per heavy atom. The van der Waals surface area contributed by atoms with Crippen molar-refractivity contribution in [1.82, 2.24) is 15.0 Å². The van der Waals surface area contributed by atoms with Gasteiger partial charge in [-0.15, -0.1) is 22.7 Å². The van der Waals surface area contributed by atoms with Crippen LogP contribution in [0.1, 0.15) is 0 Å². The van der Waals surface area contributed by atoms with Crippen LogP contribution in [0.3, 0.4) is 0 Å². The number of nitrogens with zero attached hydrogens (tertiary/aromatic N) is 3. The lowest BCUT2D eigenvalue weighted by molar-refractivity contribution is 1.07. The summed E-state index contributed by atoms with van der Waals surface area (Å²) in [6.45, 7) is 0. The van der Waals surface area contributed by atoms with E-state index in [0.717, 1.165) is 27.8 Å². The molecule has 0 amide bonds. The fourth-order valence-corrected chi connectivity index (χ4v) is 10.3. The number of rotatable bonds is 6. The van der Waals surface area contributed by atoms with Crippen molar-refractivity contribution in [2.75, 3.05) is 0 Å². The minimum atomic E-state index is 0.651. The first-order chi connectivity index (χ1) is 27.7. The average Bonchev–Trinajstić information content (AvgIpc) is 3.85. The molecule has 5 heteroatoms. The smallest absolute Gasteiger partial charge is 0.164 e. The van der Waals surface area contributed by atoms with Crippen LogP contribution in [0.15, 0.2) is 188 Å². The minimum absolute atomic E-state index is 0.651. The van der Waals surface area contributed by atoms with Crippen molar-refractivity contribution in [3.8, 4) is 67.5 Å². The van der Waals surface area contributed by atoms with Crippen molar-refractivity contribution >= 4 is 63.0 Å². The lowest BCUT2D eigenvalue weighted by atomic mass is 9.94. The minimum Gasteiger partial charge on any atom is -0.208 e. The zero-order valence-corrected chi connectivity index (χ0v) is 31.7. The first kappa shape index (κ1) is 32.6. The highest BCUT2D eigenvalue weighted by atomic mass is 32.1. The highest BCUT2D eigenvalue weighted by molar-refractivity contribution is 7.26. The van der Waals surface area contributed by atoms with Gasteiger partial charge in [0.15, 0.2) is 17.5 Å². The molecule has 11 rings (SSSR count). The summed E-state index contributed by atoms with van der Waals surface area (Å²) in [5.41, 5.74) is 10.2. The van der Waals surface area contributed by atoms with Crippen LogP contribution in [0.4, 0.5) is 0 Å². The summed E-state index contributed by atoms with van der Waals surface area (Å²) in [4.78, 5) is 15.2. The van der Waals surface area contributed by atoms with Crippen LogP contribution < -0.4 is 0 Å². The molecule has 0 aliphatic rings. The number of hydrogen-bond acceptors (Lipinski definition) is 5. The molecule has 0 saturated carbocycles. The van der Waals surface area contributed by atoms with Crippen molar-refractivity contribution in [1.29, 1.82) is 0 Å². The third-order valence-corrected chi connectivity index (χ3v) is 12.9. The first-order valence-corrected chi connectivity index (χ1v) is 20.3. The summed E-state index contributed by atoms with van der Waals surface area (Å²) >= 11 is 3.71. The molecule has 0 spiro atoms. The Morgan fingerprint density at radius 1 is 0.286 bits per heavy atom. The molecule has 56 heavy (non-hydrogen) atoms. The van der Waals surface area contributed by atoms with E-state index in [1.165, 1.54) is 62.6 Å². The molecule has 11 aromatic rings. The Labute approximate surface area is 331 Å². The van der Waals surface area contributed by atoms with Gasteiger partial charge in [0.1, 0.15) is 0 Å². The van der Waals surface area contributed by atoms with Crippen molar-refractivity contribution in [3.63, 3.8) is 0 Å². The predicted octanol–water partition coefficient (Wildman–Crippen LogP) is 14.6. The van der Waals surface area contributed by atoms with E-state index >= 15 is 0 Å². The number of hydrogen-bond donors (Lipinski definition) is 0. The van der Waals surface area contributed by atoms with E-state index in [-0.39, 0.29) is 0 Å². The summed E-state index contributed by atoms with van der Waals surface area (Å²) in [5, 5.41) is 5.12. The van der Waals surface area contributed by atoms with Gasteiger partial charge in [0.05, 0.1) is 0 Å². The van der Waals surface area contributed by atoms with Crippen molar-refractivity contribution in [3.05, 3.63) is 188 Å². The fraction of sp³-hybridized carbons (Fsp3) is 0. The molecule has 3 heterocycles. The molecule has 0 saturated heterocycles. The van der Waals surface area contributed by atoms with Crippen molar-refractivity contribution in [2.24, 2.45) is 0 Å². The molecular formula is C51H31N3S2. The topological polar surface area (TPSA) is 38.7 Å². The van der Waals surface area contributed by atoms with Crippen LogP contribution in [0.2, 0.25) is 0 Å². The van der Waals surface area contributed by atoms with E-state index in [4.69, 9.17) is 15.0 Å². The molecule has 0 radical (unpaired) electrons.